The van der Waals surface area contributed by atoms with E-state index in [2.05, 4.69) is 12.2 Å². The van der Waals surface area contributed by atoms with Crippen LogP contribution < -0.4 is 5.32 Å². The smallest absolute Gasteiger partial charge is 0.244 e. The molecule has 2 rings (SSSR count). The Morgan fingerprint density at radius 2 is 1.89 bits per heavy atom. The molecular weight excluding hydrogens is 364 g/mol. The maximum atomic E-state index is 12.6. The lowest BCUT2D eigenvalue weighted by atomic mass is 10.1. The molecule has 0 radical (unpaired) electrons. The van der Waals surface area contributed by atoms with E-state index in [0.29, 0.717) is 26.3 Å². The highest BCUT2D eigenvalue weighted by atomic mass is 32.2. The second-order valence-corrected chi connectivity index (χ2v) is 8.76. The minimum atomic E-state index is -3.49. The van der Waals surface area contributed by atoms with Gasteiger partial charge in [-0.25, -0.2) is 8.42 Å². The van der Waals surface area contributed by atoms with Crippen LogP contribution in [0.1, 0.15) is 45.1 Å². The third-order valence-corrected chi connectivity index (χ3v) is 6.46. The van der Waals surface area contributed by atoms with Crippen molar-refractivity contribution in [2.45, 2.75) is 50.5 Å². The molecule has 1 saturated heterocycles. The zero-order chi connectivity index (χ0) is 19.7. The first-order chi connectivity index (χ1) is 12.9. The lowest BCUT2D eigenvalue weighted by Crippen LogP contribution is -2.40. The highest BCUT2D eigenvalue weighted by molar-refractivity contribution is 7.89. The zero-order valence-electron chi connectivity index (χ0n) is 16.2. The van der Waals surface area contributed by atoms with E-state index in [1.54, 1.807) is 30.3 Å². The molecule has 0 aromatic heterocycles. The van der Waals surface area contributed by atoms with Gasteiger partial charge < -0.3 is 10.1 Å². The van der Waals surface area contributed by atoms with Crippen molar-refractivity contribution < 1.29 is 17.9 Å². The van der Waals surface area contributed by atoms with Crippen LogP contribution in [0.2, 0.25) is 0 Å². The fourth-order valence-electron chi connectivity index (χ4n) is 2.92. The molecule has 150 valence electrons. The van der Waals surface area contributed by atoms with Crippen LogP contribution in [0.25, 0.3) is 6.08 Å². The van der Waals surface area contributed by atoms with Crippen molar-refractivity contribution in [1.82, 2.24) is 9.62 Å². The number of sulfonamides is 1. The standard InChI is InChI=1S/C20H30N2O4S/c1-3-4-5-6-17(2)21-20(23)12-9-18-7-10-19(11-8-18)27(24,25)22-13-15-26-16-14-22/h7-12,17H,3-6,13-16H2,1-2H3,(H,21,23)/b12-9+. The van der Waals surface area contributed by atoms with Crippen LogP contribution in [0.5, 0.6) is 0 Å². The van der Waals surface area contributed by atoms with Crippen molar-refractivity contribution in [3.8, 4) is 0 Å². The van der Waals surface area contributed by atoms with Crippen LogP contribution in [0.15, 0.2) is 35.2 Å². The molecule has 1 heterocycles. The van der Waals surface area contributed by atoms with Gasteiger partial charge in [-0.05, 0) is 37.1 Å². The van der Waals surface area contributed by atoms with E-state index in [1.807, 2.05) is 6.92 Å². The van der Waals surface area contributed by atoms with Gasteiger partial charge in [-0.3, -0.25) is 4.79 Å². The van der Waals surface area contributed by atoms with Gasteiger partial charge in [-0.2, -0.15) is 4.31 Å². The summed E-state index contributed by atoms with van der Waals surface area (Å²) in [6.07, 6.45) is 7.61. The number of nitrogens with zero attached hydrogens (tertiary/aromatic N) is 1. The Balaban J connectivity index is 1.91. The average molecular weight is 395 g/mol. The Kier molecular flexibility index (Phi) is 8.47. The fourth-order valence-corrected chi connectivity index (χ4v) is 4.33. The minimum Gasteiger partial charge on any atom is -0.379 e. The molecule has 1 atom stereocenters. The van der Waals surface area contributed by atoms with Gasteiger partial charge in [0.25, 0.3) is 0 Å². The van der Waals surface area contributed by atoms with Gasteiger partial charge in [0, 0.05) is 25.2 Å². The summed E-state index contributed by atoms with van der Waals surface area (Å²) in [6.45, 7) is 5.76. The van der Waals surface area contributed by atoms with E-state index in [9.17, 15) is 13.2 Å². The van der Waals surface area contributed by atoms with E-state index in [4.69, 9.17) is 4.74 Å². The number of unbranched alkanes of at least 4 members (excludes halogenated alkanes) is 2. The number of morpholine rings is 1. The molecule has 1 aliphatic rings. The molecule has 1 N–H and O–H groups in total. The monoisotopic (exact) mass is 394 g/mol. The van der Waals surface area contributed by atoms with Crippen LogP contribution in [0, 0.1) is 0 Å². The van der Waals surface area contributed by atoms with Crippen LogP contribution in [0.3, 0.4) is 0 Å². The maximum absolute atomic E-state index is 12.6. The van der Waals surface area contributed by atoms with Crippen LogP contribution in [-0.4, -0.2) is 51.0 Å². The molecule has 7 heteroatoms. The summed E-state index contributed by atoms with van der Waals surface area (Å²) in [6, 6.07) is 6.73. The summed E-state index contributed by atoms with van der Waals surface area (Å²) < 4.78 is 31.8. The van der Waals surface area contributed by atoms with E-state index < -0.39 is 10.0 Å². The Bertz CT molecular complexity index is 723. The molecule has 1 aromatic carbocycles. The normalized spacial score (nSPS) is 17.1. The Labute approximate surface area is 162 Å². The number of rotatable bonds is 9. The number of ether oxygens (including phenoxy) is 1. The number of hydrogen-bond acceptors (Lipinski definition) is 4. The van der Waals surface area contributed by atoms with Gasteiger partial charge in [0.1, 0.15) is 0 Å². The summed E-state index contributed by atoms with van der Waals surface area (Å²) in [5.41, 5.74) is 0.782. The van der Waals surface area contributed by atoms with E-state index in [-0.39, 0.29) is 16.8 Å². The molecule has 1 unspecified atom stereocenters. The SMILES string of the molecule is CCCCCC(C)NC(=O)/C=C/c1ccc(S(=O)(=O)N2CCOCC2)cc1. The van der Waals surface area contributed by atoms with Gasteiger partial charge in [-0.1, -0.05) is 38.3 Å². The molecule has 27 heavy (non-hydrogen) atoms. The Morgan fingerprint density at radius 1 is 1.22 bits per heavy atom. The number of hydrogen-bond donors (Lipinski definition) is 1. The summed E-state index contributed by atoms with van der Waals surface area (Å²) in [5.74, 6) is -0.135. The second-order valence-electron chi connectivity index (χ2n) is 6.82. The quantitative estimate of drug-likeness (QED) is 0.516. The van der Waals surface area contributed by atoms with Gasteiger partial charge >= 0.3 is 0 Å². The average Bonchev–Trinajstić information content (AvgIpc) is 2.67. The van der Waals surface area contributed by atoms with Crippen LogP contribution in [-0.2, 0) is 19.6 Å². The molecule has 1 aromatic rings. The summed E-state index contributed by atoms with van der Waals surface area (Å²) in [4.78, 5) is 12.2. The van der Waals surface area contributed by atoms with Gasteiger partial charge in [0.2, 0.25) is 15.9 Å². The lowest BCUT2D eigenvalue weighted by Gasteiger charge is -2.26. The highest BCUT2D eigenvalue weighted by Crippen LogP contribution is 2.18. The molecule has 6 nitrogen and oxygen atoms in total. The summed E-state index contributed by atoms with van der Waals surface area (Å²) >= 11 is 0. The first kappa shape index (κ1) is 21.6. The number of carbonyl (C=O) groups excluding carboxylic acids is 1. The maximum Gasteiger partial charge on any atom is 0.244 e. The molecule has 0 spiro atoms. The molecule has 0 bridgehead atoms. The minimum absolute atomic E-state index is 0.135. The molecular formula is C20H30N2O4S. The van der Waals surface area contributed by atoms with Crippen molar-refractivity contribution in [2.24, 2.45) is 0 Å². The summed E-state index contributed by atoms with van der Waals surface area (Å²) in [5, 5.41) is 2.95. The van der Waals surface area contributed by atoms with Gasteiger partial charge in [0.05, 0.1) is 18.1 Å². The number of nitrogens with one attached hydrogen (secondary N) is 1. The predicted molar refractivity (Wildman–Crippen MR) is 107 cm³/mol. The molecule has 0 aliphatic carbocycles. The van der Waals surface area contributed by atoms with E-state index >= 15 is 0 Å². The van der Waals surface area contributed by atoms with Crippen molar-refractivity contribution in [2.75, 3.05) is 26.3 Å². The van der Waals surface area contributed by atoms with Crippen molar-refractivity contribution >= 4 is 22.0 Å². The molecule has 0 saturated carbocycles. The third kappa shape index (κ3) is 6.75. The van der Waals surface area contributed by atoms with Crippen molar-refractivity contribution in [3.63, 3.8) is 0 Å². The van der Waals surface area contributed by atoms with Crippen molar-refractivity contribution in [3.05, 3.63) is 35.9 Å². The Morgan fingerprint density at radius 3 is 2.52 bits per heavy atom. The van der Waals surface area contributed by atoms with Gasteiger partial charge in [0.15, 0.2) is 0 Å². The number of amides is 1. The highest BCUT2D eigenvalue weighted by Gasteiger charge is 2.25. The first-order valence-corrected chi connectivity index (χ1v) is 11.0. The fraction of sp³-hybridized carbons (Fsp3) is 0.550. The summed E-state index contributed by atoms with van der Waals surface area (Å²) in [7, 11) is -3.49. The largest absolute Gasteiger partial charge is 0.379 e. The number of carbonyl (C=O) groups is 1. The lowest BCUT2D eigenvalue weighted by molar-refractivity contribution is -0.117. The molecule has 1 fully saturated rings. The molecule has 1 aliphatic heterocycles. The first-order valence-electron chi connectivity index (χ1n) is 9.60. The zero-order valence-corrected chi connectivity index (χ0v) is 17.0. The second kappa shape index (κ2) is 10.6. The van der Waals surface area contributed by atoms with Crippen LogP contribution >= 0.6 is 0 Å². The van der Waals surface area contributed by atoms with E-state index in [1.165, 1.54) is 16.8 Å². The Hall–Kier alpha value is -1.70. The van der Waals surface area contributed by atoms with Crippen LogP contribution in [0.4, 0.5) is 0 Å². The van der Waals surface area contributed by atoms with Crippen molar-refractivity contribution in [1.29, 1.82) is 0 Å². The third-order valence-electron chi connectivity index (χ3n) is 4.54. The predicted octanol–water partition coefficient (Wildman–Crippen LogP) is 2.81. The topological polar surface area (TPSA) is 75.7 Å². The molecule has 1 amide bonds. The van der Waals surface area contributed by atoms with Gasteiger partial charge in [-0.15, -0.1) is 0 Å². The van der Waals surface area contributed by atoms with E-state index in [0.717, 1.165) is 24.8 Å². The number of benzene rings is 1.